The molecule has 0 unspecified atom stereocenters. The lowest BCUT2D eigenvalue weighted by Gasteiger charge is -2.25. The van der Waals surface area contributed by atoms with Crippen molar-refractivity contribution in [2.45, 2.75) is 6.54 Å². The van der Waals surface area contributed by atoms with Gasteiger partial charge < -0.3 is 4.90 Å². The largest absolute Gasteiger partial charge is 0.337 e. The molecule has 0 spiro atoms. The van der Waals surface area contributed by atoms with Crippen LogP contribution >= 0.6 is 11.6 Å². The molecule has 0 radical (unpaired) electrons. The van der Waals surface area contributed by atoms with E-state index in [1.54, 1.807) is 0 Å². The summed E-state index contributed by atoms with van der Waals surface area (Å²) in [5.74, 6) is 0. The molecule has 0 N–H and O–H groups in total. The minimum absolute atomic E-state index is 0.751. The molecule has 0 aliphatic carbocycles. The van der Waals surface area contributed by atoms with E-state index in [0.29, 0.717) is 0 Å². The Balaban J connectivity index is 1.99. The van der Waals surface area contributed by atoms with Crippen molar-refractivity contribution in [3.8, 4) is 0 Å². The Morgan fingerprint density at radius 2 is 1.29 bits per heavy atom. The van der Waals surface area contributed by atoms with Gasteiger partial charge in [0.2, 0.25) is 0 Å². The predicted molar refractivity (Wildman–Crippen MR) is 90.2 cm³/mol. The number of nitrogens with zero attached hydrogens (tertiary/aromatic N) is 1. The lowest BCUT2D eigenvalue weighted by atomic mass is 10.1. The average Bonchev–Trinajstić information content (AvgIpc) is 2.54. The summed E-state index contributed by atoms with van der Waals surface area (Å²) >= 11 is 6.15. The maximum absolute atomic E-state index is 6.15. The zero-order valence-corrected chi connectivity index (χ0v) is 12.4. The fraction of sp³-hybridized carbons (Fsp3) is 0.0526. The van der Waals surface area contributed by atoms with E-state index in [1.807, 2.05) is 30.3 Å². The quantitative estimate of drug-likeness (QED) is 0.598. The highest BCUT2D eigenvalue weighted by molar-refractivity contribution is 6.30. The van der Waals surface area contributed by atoms with Gasteiger partial charge in [0.05, 0.1) is 0 Å². The van der Waals surface area contributed by atoms with Crippen molar-refractivity contribution in [1.29, 1.82) is 0 Å². The molecule has 21 heavy (non-hydrogen) atoms. The average molecular weight is 294 g/mol. The van der Waals surface area contributed by atoms with Crippen LogP contribution in [0.4, 0.5) is 11.4 Å². The summed E-state index contributed by atoms with van der Waals surface area (Å²) in [7, 11) is 0. The van der Waals surface area contributed by atoms with Gasteiger partial charge in [0, 0.05) is 22.9 Å². The molecule has 0 aliphatic heterocycles. The number of halogens is 1. The Morgan fingerprint density at radius 1 is 0.667 bits per heavy atom. The molecular weight excluding hydrogens is 278 g/mol. The third-order valence-electron chi connectivity index (χ3n) is 3.37. The maximum atomic E-state index is 6.15. The van der Waals surface area contributed by atoms with Gasteiger partial charge in [-0.3, -0.25) is 0 Å². The summed E-state index contributed by atoms with van der Waals surface area (Å²) in [5, 5.41) is 0.751. The van der Waals surface area contributed by atoms with Crippen molar-refractivity contribution < 1.29 is 0 Å². The third kappa shape index (κ3) is 3.45. The second-order valence-corrected chi connectivity index (χ2v) is 5.32. The molecule has 1 nitrogen and oxygen atoms in total. The Kier molecular flexibility index (Phi) is 4.23. The van der Waals surface area contributed by atoms with E-state index in [2.05, 4.69) is 59.5 Å². The number of hydrogen-bond donors (Lipinski definition) is 0. The topological polar surface area (TPSA) is 3.24 Å². The van der Waals surface area contributed by atoms with Crippen LogP contribution in [0.5, 0.6) is 0 Å². The molecule has 0 saturated heterocycles. The Labute approximate surface area is 130 Å². The normalized spacial score (nSPS) is 10.3. The lowest BCUT2D eigenvalue weighted by molar-refractivity contribution is 0.975. The molecule has 0 saturated carbocycles. The van der Waals surface area contributed by atoms with E-state index < -0.39 is 0 Å². The van der Waals surface area contributed by atoms with Gasteiger partial charge in [-0.2, -0.15) is 0 Å². The van der Waals surface area contributed by atoms with E-state index in [4.69, 9.17) is 11.6 Å². The fourth-order valence-corrected chi connectivity index (χ4v) is 2.53. The SMILES string of the molecule is Clc1cccc(N(Cc2ccccc2)c2ccccc2)c1. The maximum Gasteiger partial charge on any atom is 0.0481 e. The fourth-order valence-electron chi connectivity index (χ4n) is 2.35. The standard InChI is InChI=1S/C19H16ClN/c20-17-10-7-13-19(14-17)21(18-11-5-2-6-12-18)15-16-8-3-1-4-9-16/h1-14H,15H2. The van der Waals surface area contributed by atoms with E-state index >= 15 is 0 Å². The molecule has 0 bridgehead atoms. The molecule has 0 heterocycles. The first-order valence-electron chi connectivity index (χ1n) is 6.95. The highest BCUT2D eigenvalue weighted by Crippen LogP contribution is 2.29. The van der Waals surface area contributed by atoms with Gasteiger partial charge in [0.15, 0.2) is 0 Å². The van der Waals surface area contributed by atoms with E-state index in [1.165, 1.54) is 5.56 Å². The highest BCUT2D eigenvalue weighted by atomic mass is 35.5. The van der Waals surface area contributed by atoms with E-state index in [9.17, 15) is 0 Å². The molecule has 0 aromatic heterocycles. The summed E-state index contributed by atoms with van der Waals surface area (Å²) < 4.78 is 0. The molecule has 2 heteroatoms. The molecule has 3 aromatic carbocycles. The molecule has 0 amide bonds. The Bertz CT molecular complexity index is 695. The summed E-state index contributed by atoms with van der Waals surface area (Å²) in [6.07, 6.45) is 0. The summed E-state index contributed by atoms with van der Waals surface area (Å²) in [5.41, 5.74) is 3.52. The van der Waals surface area contributed by atoms with Crippen molar-refractivity contribution in [2.24, 2.45) is 0 Å². The van der Waals surface area contributed by atoms with Crippen molar-refractivity contribution in [3.63, 3.8) is 0 Å². The van der Waals surface area contributed by atoms with Gasteiger partial charge in [0.25, 0.3) is 0 Å². The molecular formula is C19H16ClN. The van der Waals surface area contributed by atoms with Gasteiger partial charge in [-0.05, 0) is 35.9 Å². The second kappa shape index (κ2) is 6.47. The molecule has 3 aromatic rings. The van der Waals surface area contributed by atoms with Crippen LogP contribution in [0.1, 0.15) is 5.56 Å². The van der Waals surface area contributed by atoms with Gasteiger partial charge in [-0.15, -0.1) is 0 Å². The van der Waals surface area contributed by atoms with Crippen LogP contribution in [0.2, 0.25) is 5.02 Å². The van der Waals surface area contributed by atoms with Crippen molar-refractivity contribution in [2.75, 3.05) is 4.90 Å². The lowest BCUT2D eigenvalue weighted by Crippen LogP contribution is -2.16. The van der Waals surface area contributed by atoms with Crippen LogP contribution in [-0.4, -0.2) is 0 Å². The number of rotatable bonds is 4. The minimum atomic E-state index is 0.751. The van der Waals surface area contributed by atoms with Crippen molar-refractivity contribution in [1.82, 2.24) is 0 Å². The summed E-state index contributed by atoms with van der Waals surface area (Å²) in [6, 6.07) is 28.8. The molecule has 104 valence electrons. The minimum Gasteiger partial charge on any atom is -0.337 e. The molecule has 0 atom stereocenters. The summed E-state index contributed by atoms with van der Waals surface area (Å²) in [6.45, 7) is 0.811. The van der Waals surface area contributed by atoms with Crippen LogP contribution < -0.4 is 4.90 Å². The monoisotopic (exact) mass is 293 g/mol. The van der Waals surface area contributed by atoms with Gasteiger partial charge in [-0.25, -0.2) is 0 Å². The van der Waals surface area contributed by atoms with Gasteiger partial charge >= 0.3 is 0 Å². The van der Waals surface area contributed by atoms with E-state index in [-0.39, 0.29) is 0 Å². The zero-order chi connectivity index (χ0) is 14.5. The Hall–Kier alpha value is -2.25. The van der Waals surface area contributed by atoms with Crippen LogP contribution in [0.15, 0.2) is 84.9 Å². The highest BCUT2D eigenvalue weighted by Gasteiger charge is 2.10. The first kappa shape index (κ1) is 13.7. The van der Waals surface area contributed by atoms with Crippen molar-refractivity contribution in [3.05, 3.63) is 95.5 Å². The predicted octanol–water partition coefficient (Wildman–Crippen LogP) is 5.68. The van der Waals surface area contributed by atoms with E-state index in [0.717, 1.165) is 22.9 Å². The first-order valence-corrected chi connectivity index (χ1v) is 7.33. The first-order chi connectivity index (χ1) is 10.3. The smallest absolute Gasteiger partial charge is 0.0481 e. The summed E-state index contributed by atoms with van der Waals surface area (Å²) in [4.78, 5) is 2.27. The third-order valence-corrected chi connectivity index (χ3v) is 3.61. The second-order valence-electron chi connectivity index (χ2n) is 4.89. The van der Waals surface area contributed by atoms with Gasteiger partial charge in [-0.1, -0.05) is 66.2 Å². The van der Waals surface area contributed by atoms with Crippen molar-refractivity contribution >= 4 is 23.0 Å². The number of benzene rings is 3. The van der Waals surface area contributed by atoms with Crippen LogP contribution in [0.25, 0.3) is 0 Å². The molecule has 0 aliphatic rings. The zero-order valence-electron chi connectivity index (χ0n) is 11.6. The number of hydrogen-bond acceptors (Lipinski definition) is 1. The van der Waals surface area contributed by atoms with Crippen LogP contribution in [-0.2, 0) is 6.54 Å². The van der Waals surface area contributed by atoms with Crippen LogP contribution in [0, 0.1) is 0 Å². The number of anilines is 2. The number of para-hydroxylation sites is 1. The molecule has 0 fully saturated rings. The Morgan fingerprint density at radius 3 is 1.95 bits per heavy atom. The van der Waals surface area contributed by atoms with Crippen LogP contribution in [0.3, 0.4) is 0 Å². The van der Waals surface area contributed by atoms with Gasteiger partial charge in [0.1, 0.15) is 0 Å². The molecule has 3 rings (SSSR count).